The molecule has 2 atom stereocenters. The summed E-state index contributed by atoms with van der Waals surface area (Å²) in [5.41, 5.74) is -0.594. The number of likely N-dealkylation sites (tertiary alicyclic amines) is 1. The van der Waals surface area contributed by atoms with Crippen molar-refractivity contribution in [2.75, 3.05) is 40.0 Å². The van der Waals surface area contributed by atoms with Crippen LogP contribution in [-0.2, 0) is 4.74 Å². The van der Waals surface area contributed by atoms with Gasteiger partial charge in [-0.2, -0.15) is 0 Å². The molecule has 4 nitrogen and oxygen atoms in total. The van der Waals surface area contributed by atoms with Crippen LogP contribution < -0.4 is 4.74 Å². The van der Waals surface area contributed by atoms with Gasteiger partial charge in [0.1, 0.15) is 12.4 Å². The largest absolute Gasteiger partial charge is 0.492 e. The second-order valence-electron chi connectivity index (χ2n) is 6.10. The minimum Gasteiger partial charge on any atom is -0.492 e. The number of hydrogen-bond acceptors (Lipinski definition) is 4. The number of rotatable bonds is 7. The lowest BCUT2D eigenvalue weighted by atomic mass is 9.80. The molecule has 1 aromatic carbocycles. The van der Waals surface area contributed by atoms with Crippen molar-refractivity contribution in [1.29, 1.82) is 0 Å². The highest BCUT2D eigenvalue weighted by molar-refractivity contribution is 6.30. The molecule has 1 fully saturated rings. The van der Waals surface area contributed by atoms with Crippen LogP contribution in [0, 0.1) is 5.92 Å². The molecule has 5 heteroatoms. The first kappa shape index (κ1) is 17.5. The van der Waals surface area contributed by atoms with E-state index in [0.29, 0.717) is 24.7 Å². The first-order chi connectivity index (χ1) is 10.5. The van der Waals surface area contributed by atoms with E-state index >= 15 is 0 Å². The number of benzene rings is 1. The van der Waals surface area contributed by atoms with Gasteiger partial charge < -0.3 is 14.6 Å². The zero-order valence-corrected chi connectivity index (χ0v) is 14.2. The van der Waals surface area contributed by atoms with Crippen LogP contribution in [0.3, 0.4) is 0 Å². The maximum atomic E-state index is 10.7. The summed E-state index contributed by atoms with van der Waals surface area (Å²) in [5, 5.41) is 11.4. The third-order valence-corrected chi connectivity index (χ3v) is 4.79. The van der Waals surface area contributed by atoms with Gasteiger partial charge in [-0.15, -0.1) is 0 Å². The van der Waals surface area contributed by atoms with E-state index in [4.69, 9.17) is 21.1 Å². The average molecular weight is 328 g/mol. The quantitative estimate of drug-likeness (QED) is 0.836. The predicted molar refractivity (Wildman–Crippen MR) is 88.6 cm³/mol. The minimum atomic E-state index is -0.594. The van der Waals surface area contributed by atoms with E-state index in [1.807, 2.05) is 24.3 Å². The lowest BCUT2D eigenvalue weighted by Gasteiger charge is -2.43. The molecule has 1 aliphatic rings. The second-order valence-corrected chi connectivity index (χ2v) is 6.54. The highest BCUT2D eigenvalue weighted by atomic mass is 35.5. The second kappa shape index (κ2) is 8.16. The standard InChI is InChI=1S/C17H26ClNO3/c1-14-13-19(9-7-17(14,20)8-11-21-2)10-12-22-16-5-3-15(18)4-6-16/h3-6,14,20H,7-13H2,1-2H3/t14-,17-/m0/s1. The van der Waals surface area contributed by atoms with E-state index in [1.165, 1.54) is 0 Å². The summed E-state index contributed by atoms with van der Waals surface area (Å²) in [4.78, 5) is 2.35. The van der Waals surface area contributed by atoms with Crippen molar-refractivity contribution >= 4 is 11.6 Å². The number of ether oxygens (including phenoxy) is 2. The zero-order chi connectivity index (χ0) is 16.0. The first-order valence-corrected chi connectivity index (χ1v) is 8.23. The van der Waals surface area contributed by atoms with Gasteiger partial charge in [-0.3, -0.25) is 4.90 Å². The monoisotopic (exact) mass is 327 g/mol. The zero-order valence-electron chi connectivity index (χ0n) is 13.4. The molecule has 0 saturated carbocycles. The summed E-state index contributed by atoms with van der Waals surface area (Å²) in [5.74, 6) is 1.08. The van der Waals surface area contributed by atoms with Crippen LogP contribution in [0.5, 0.6) is 5.75 Å². The molecule has 1 aliphatic heterocycles. The van der Waals surface area contributed by atoms with Gasteiger partial charge in [-0.25, -0.2) is 0 Å². The van der Waals surface area contributed by atoms with Crippen molar-refractivity contribution in [3.05, 3.63) is 29.3 Å². The number of hydrogen-bond donors (Lipinski definition) is 1. The van der Waals surface area contributed by atoms with E-state index in [9.17, 15) is 5.11 Å². The summed E-state index contributed by atoms with van der Waals surface area (Å²) in [6, 6.07) is 7.42. The SMILES string of the molecule is COCC[C@@]1(O)CCN(CCOc2ccc(Cl)cc2)C[C@@H]1C. The van der Waals surface area contributed by atoms with Crippen LogP contribution in [0.15, 0.2) is 24.3 Å². The van der Waals surface area contributed by atoms with Crippen LogP contribution in [0.4, 0.5) is 0 Å². The predicted octanol–water partition coefficient (Wildman–Crippen LogP) is 2.83. The van der Waals surface area contributed by atoms with Gasteiger partial charge in [0.2, 0.25) is 0 Å². The number of aliphatic hydroxyl groups is 1. The minimum absolute atomic E-state index is 0.243. The summed E-state index contributed by atoms with van der Waals surface area (Å²) < 4.78 is 10.8. The molecular formula is C17H26ClNO3. The summed E-state index contributed by atoms with van der Waals surface area (Å²) in [6.45, 7) is 6.03. The Balaban J connectivity index is 1.73. The highest BCUT2D eigenvalue weighted by Crippen LogP contribution is 2.30. The van der Waals surface area contributed by atoms with Gasteiger partial charge in [0.15, 0.2) is 0 Å². The number of halogens is 1. The van der Waals surface area contributed by atoms with E-state index in [-0.39, 0.29) is 5.92 Å². The normalized spacial score (nSPS) is 26.1. The Morgan fingerprint density at radius 3 is 2.68 bits per heavy atom. The fourth-order valence-corrected chi connectivity index (χ4v) is 3.05. The molecular weight excluding hydrogens is 302 g/mol. The molecule has 1 saturated heterocycles. The molecule has 0 amide bonds. The van der Waals surface area contributed by atoms with Crippen molar-refractivity contribution in [3.63, 3.8) is 0 Å². The van der Waals surface area contributed by atoms with Gasteiger partial charge in [-0.05, 0) is 43.0 Å². The number of methoxy groups -OCH3 is 1. The van der Waals surface area contributed by atoms with Crippen LogP contribution in [-0.4, -0.2) is 55.6 Å². The van der Waals surface area contributed by atoms with Crippen molar-refractivity contribution in [2.24, 2.45) is 5.92 Å². The number of piperidine rings is 1. The van der Waals surface area contributed by atoms with E-state index < -0.39 is 5.60 Å². The molecule has 0 aromatic heterocycles. The van der Waals surface area contributed by atoms with E-state index in [2.05, 4.69) is 11.8 Å². The molecule has 22 heavy (non-hydrogen) atoms. The molecule has 1 aromatic rings. The summed E-state index contributed by atoms with van der Waals surface area (Å²) in [7, 11) is 1.68. The van der Waals surface area contributed by atoms with Crippen LogP contribution in [0.2, 0.25) is 5.02 Å². The van der Waals surface area contributed by atoms with Crippen molar-refractivity contribution < 1.29 is 14.6 Å². The molecule has 0 bridgehead atoms. The van der Waals surface area contributed by atoms with Gasteiger partial charge in [0.05, 0.1) is 5.60 Å². The molecule has 0 spiro atoms. The summed E-state index contributed by atoms with van der Waals surface area (Å²) >= 11 is 5.85. The fraction of sp³-hybridized carbons (Fsp3) is 0.647. The van der Waals surface area contributed by atoms with Gasteiger partial charge >= 0.3 is 0 Å². The molecule has 0 radical (unpaired) electrons. The van der Waals surface area contributed by atoms with Crippen LogP contribution >= 0.6 is 11.6 Å². The molecule has 1 N–H and O–H groups in total. The highest BCUT2D eigenvalue weighted by Gasteiger charge is 2.38. The van der Waals surface area contributed by atoms with Crippen LogP contribution in [0.1, 0.15) is 19.8 Å². The Labute approximate surface area is 138 Å². The van der Waals surface area contributed by atoms with E-state index in [0.717, 1.165) is 31.8 Å². The lowest BCUT2D eigenvalue weighted by molar-refractivity contribution is -0.0823. The Kier molecular flexibility index (Phi) is 6.50. The first-order valence-electron chi connectivity index (χ1n) is 7.85. The van der Waals surface area contributed by atoms with Crippen molar-refractivity contribution in [2.45, 2.75) is 25.4 Å². The van der Waals surface area contributed by atoms with Gasteiger partial charge in [0, 0.05) is 38.4 Å². The molecule has 0 aliphatic carbocycles. The average Bonchev–Trinajstić information content (AvgIpc) is 2.51. The fourth-order valence-electron chi connectivity index (χ4n) is 2.92. The van der Waals surface area contributed by atoms with Gasteiger partial charge in [-0.1, -0.05) is 18.5 Å². The Morgan fingerprint density at radius 2 is 2.05 bits per heavy atom. The summed E-state index contributed by atoms with van der Waals surface area (Å²) in [6.07, 6.45) is 1.50. The molecule has 0 unspecified atom stereocenters. The molecule has 124 valence electrons. The maximum Gasteiger partial charge on any atom is 0.119 e. The Hall–Kier alpha value is -0.810. The maximum absolute atomic E-state index is 10.7. The smallest absolute Gasteiger partial charge is 0.119 e. The molecule has 2 rings (SSSR count). The van der Waals surface area contributed by atoms with Gasteiger partial charge in [0.25, 0.3) is 0 Å². The van der Waals surface area contributed by atoms with Crippen LogP contribution in [0.25, 0.3) is 0 Å². The third kappa shape index (κ3) is 4.85. The van der Waals surface area contributed by atoms with Crippen molar-refractivity contribution in [3.8, 4) is 5.75 Å². The number of nitrogens with zero attached hydrogens (tertiary/aromatic N) is 1. The topological polar surface area (TPSA) is 41.9 Å². The lowest BCUT2D eigenvalue weighted by Crippen LogP contribution is -2.52. The van der Waals surface area contributed by atoms with E-state index in [1.54, 1.807) is 7.11 Å². The third-order valence-electron chi connectivity index (χ3n) is 4.54. The Bertz CT molecular complexity index is 454. The van der Waals surface area contributed by atoms with Crippen molar-refractivity contribution in [1.82, 2.24) is 4.90 Å². The Morgan fingerprint density at radius 1 is 1.32 bits per heavy atom. The molecule has 1 heterocycles.